The van der Waals surface area contributed by atoms with E-state index in [1.165, 1.54) is 12.8 Å². The Bertz CT molecular complexity index is 405. The van der Waals surface area contributed by atoms with Crippen LogP contribution in [0.25, 0.3) is 0 Å². The third-order valence-corrected chi connectivity index (χ3v) is 3.94. The van der Waals surface area contributed by atoms with Gasteiger partial charge in [-0.25, -0.2) is 4.39 Å². The van der Waals surface area contributed by atoms with Crippen LogP contribution in [0.3, 0.4) is 0 Å². The topological polar surface area (TPSA) is 21.3 Å². The zero-order valence-electron chi connectivity index (χ0n) is 10.6. The van der Waals surface area contributed by atoms with Crippen molar-refractivity contribution in [3.05, 3.63) is 35.6 Å². The predicted molar refractivity (Wildman–Crippen MR) is 69.0 cm³/mol. The van der Waals surface area contributed by atoms with E-state index in [9.17, 15) is 4.39 Å². The highest BCUT2D eigenvalue weighted by atomic mass is 19.1. The highest BCUT2D eigenvalue weighted by molar-refractivity contribution is 5.18. The second kappa shape index (κ2) is 5.37. The number of benzene rings is 1. The molecule has 1 aliphatic carbocycles. The first-order valence-electron chi connectivity index (χ1n) is 6.90. The summed E-state index contributed by atoms with van der Waals surface area (Å²) in [4.78, 5) is 0. The van der Waals surface area contributed by atoms with E-state index in [4.69, 9.17) is 4.74 Å². The first kappa shape index (κ1) is 12.1. The second-order valence-corrected chi connectivity index (χ2v) is 5.47. The number of halogens is 1. The number of rotatable bonds is 4. The Morgan fingerprint density at radius 2 is 2.06 bits per heavy atom. The van der Waals surface area contributed by atoms with Crippen LogP contribution in [-0.2, 0) is 11.2 Å². The Morgan fingerprint density at radius 3 is 2.83 bits per heavy atom. The molecular formula is C15H20FNO. The van der Waals surface area contributed by atoms with Gasteiger partial charge < -0.3 is 10.1 Å². The zero-order chi connectivity index (χ0) is 12.4. The third kappa shape index (κ3) is 2.90. The molecule has 0 aromatic heterocycles. The predicted octanol–water partition coefficient (Wildman–Crippen LogP) is 2.53. The van der Waals surface area contributed by atoms with E-state index in [0.717, 1.165) is 31.6 Å². The largest absolute Gasteiger partial charge is 0.381 e. The second-order valence-electron chi connectivity index (χ2n) is 5.47. The average molecular weight is 249 g/mol. The van der Waals surface area contributed by atoms with Gasteiger partial charge in [-0.1, -0.05) is 18.2 Å². The molecule has 1 aliphatic heterocycles. The highest BCUT2D eigenvalue weighted by Crippen LogP contribution is 2.26. The van der Waals surface area contributed by atoms with Crippen molar-refractivity contribution in [2.75, 3.05) is 13.2 Å². The van der Waals surface area contributed by atoms with Gasteiger partial charge in [0.15, 0.2) is 0 Å². The van der Waals surface area contributed by atoms with Crippen LogP contribution in [0, 0.1) is 11.7 Å². The van der Waals surface area contributed by atoms with Crippen LogP contribution in [0.5, 0.6) is 0 Å². The molecule has 3 heteroatoms. The molecule has 1 heterocycles. The van der Waals surface area contributed by atoms with E-state index in [-0.39, 0.29) is 5.82 Å². The van der Waals surface area contributed by atoms with Gasteiger partial charge in [0.25, 0.3) is 0 Å². The van der Waals surface area contributed by atoms with Crippen LogP contribution < -0.4 is 5.32 Å². The van der Waals surface area contributed by atoms with Crippen LogP contribution in [0.2, 0.25) is 0 Å². The number of hydrogen-bond donors (Lipinski definition) is 1. The van der Waals surface area contributed by atoms with Crippen molar-refractivity contribution in [1.29, 1.82) is 0 Å². The summed E-state index contributed by atoms with van der Waals surface area (Å²) in [6.07, 6.45) is 4.42. The fourth-order valence-electron chi connectivity index (χ4n) is 2.72. The number of nitrogens with one attached hydrogen (secondary N) is 1. The summed E-state index contributed by atoms with van der Waals surface area (Å²) in [5.41, 5.74) is 0.815. The number of ether oxygens (including phenoxy) is 1. The Balaban J connectivity index is 1.66. The van der Waals surface area contributed by atoms with Crippen molar-refractivity contribution in [2.45, 2.75) is 37.8 Å². The smallest absolute Gasteiger partial charge is 0.126 e. The molecule has 1 aromatic rings. The molecular weight excluding hydrogens is 229 g/mol. The normalized spacial score (nSPS) is 28.3. The monoisotopic (exact) mass is 249 g/mol. The zero-order valence-corrected chi connectivity index (χ0v) is 10.6. The lowest BCUT2D eigenvalue weighted by atomic mass is 9.89. The molecule has 2 atom stereocenters. The minimum Gasteiger partial charge on any atom is -0.381 e. The fraction of sp³-hybridized carbons (Fsp3) is 0.600. The van der Waals surface area contributed by atoms with Gasteiger partial charge in [-0.3, -0.25) is 0 Å². The molecule has 1 aromatic carbocycles. The summed E-state index contributed by atoms with van der Waals surface area (Å²) in [7, 11) is 0. The molecule has 98 valence electrons. The summed E-state index contributed by atoms with van der Waals surface area (Å²) in [5.74, 6) is 0.310. The van der Waals surface area contributed by atoms with Crippen LogP contribution >= 0.6 is 0 Å². The van der Waals surface area contributed by atoms with Gasteiger partial charge in [0.2, 0.25) is 0 Å². The van der Waals surface area contributed by atoms with E-state index in [0.29, 0.717) is 18.0 Å². The molecule has 2 fully saturated rings. The fourth-order valence-corrected chi connectivity index (χ4v) is 2.72. The summed E-state index contributed by atoms with van der Waals surface area (Å²) >= 11 is 0. The third-order valence-electron chi connectivity index (χ3n) is 3.94. The lowest BCUT2D eigenvalue weighted by Crippen LogP contribution is -2.44. The molecule has 0 spiro atoms. The summed E-state index contributed by atoms with van der Waals surface area (Å²) < 4.78 is 19.2. The quantitative estimate of drug-likeness (QED) is 0.885. The van der Waals surface area contributed by atoms with Crippen molar-refractivity contribution in [3.8, 4) is 0 Å². The molecule has 0 bridgehead atoms. The standard InChI is InChI=1S/C15H20FNO/c16-14-4-2-1-3-11(14)9-12-10-18-8-7-15(12)17-13-5-6-13/h1-4,12-13,15,17H,5-10H2/t12-,15+/m0/s1. The molecule has 0 radical (unpaired) electrons. The van der Waals surface area contributed by atoms with Gasteiger partial charge in [-0.05, 0) is 37.3 Å². The maximum atomic E-state index is 13.7. The Labute approximate surface area is 108 Å². The minimum atomic E-state index is -0.0896. The van der Waals surface area contributed by atoms with Gasteiger partial charge in [-0.15, -0.1) is 0 Å². The molecule has 0 unspecified atom stereocenters. The van der Waals surface area contributed by atoms with Crippen LogP contribution in [0.4, 0.5) is 4.39 Å². The van der Waals surface area contributed by atoms with Gasteiger partial charge in [-0.2, -0.15) is 0 Å². The maximum Gasteiger partial charge on any atom is 0.126 e. The summed E-state index contributed by atoms with van der Waals surface area (Å²) in [5, 5.41) is 3.68. The molecule has 1 N–H and O–H groups in total. The van der Waals surface area contributed by atoms with E-state index >= 15 is 0 Å². The minimum absolute atomic E-state index is 0.0896. The van der Waals surface area contributed by atoms with Crippen LogP contribution in [0.15, 0.2) is 24.3 Å². The maximum absolute atomic E-state index is 13.7. The molecule has 2 aliphatic rings. The Morgan fingerprint density at radius 1 is 1.22 bits per heavy atom. The molecule has 18 heavy (non-hydrogen) atoms. The summed E-state index contributed by atoms with van der Waals surface area (Å²) in [6, 6.07) is 8.28. The van der Waals surface area contributed by atoms with Crippen LogP contribution in [0.1, 0.15) is 24.8 Å². The Kier molecular flexibility index (Phi) is 3.62. The van der Waals surface area contributed by atoms with Gasteiger partial charge in [0.05, 0.1) is 6.61 Å². The first-order valence-corrected chi connectivity index (χ1v) is 6.90. The van der Waals surface area contributed by atoms with Crippen molar-refractivity contribution in [3.63, 3.8) is 0 Å². The lowest BCUT2D eigenvalue weighted by Gasteiger charge is -2.32. The molecule has 1 saturated heterocycles. The van der Waals surface area contributed by atoms with Crippen molar-refractivity contribution in [2.24, 2.45) is 5.92 Å². The van der Waals surface area contributed by atoms with E-state index in [2.05, 4.69) is 5.32 Å². The Hall–Kier alpha value is -0.930. The number of hydrogen-bond acceptors (Lipinski definition) is 2. The van der Waals surface area contributed by atoms with Crippen molar-refractivity contribution >= 4 is 0 Å². The van der Waals surface area contributed by atoms with Gasteiger partial charge in [0.1, 0.15) is 5.82 Å². The van der Waals surface area contributed by atoms with Crippen molar-refractivity contribution < 1.29 is 9.13 Å². The van der Waals surface area contributed by atoms with Crippen molar-refractivity contribution in [1.82, 2.24) is 5.32 Å². The SMILES string of the molecule is Fc1ccccc1C[C@H]1COCC[C@H]1NC1CC1. The first-order chi connectivity index (χ1) is 8.83. The lowest BCUT2D eigenvalue weighted by molar-refractivity contribution is 0.0313. The van der Waals surface area contributed by atoms with E-state index in [1.807, 2.05) is 12.1 Å². The molecule has 0 amide bonds. The van der Waals surface area contributed by atoms with E-state index < -0.39 is 0 Å². The average Bonchev–Trinajstić information content (AvgIpc) is 3.18. The summed E-state index contributed by atoms with van der Waals surface area (Å²) in [6.45, 7) is 1.58. The van der Waals surface area contributed by atoms with Gasteiger partial charge in [0, 0.05) is 24.6 Å². The van der Waals surface area contributed by atoms with E-state index in [1.54, 1.807) is 12.1 Å². The molecule has 2 nitrogen and oxygen atoms in total. The van der Waals surface area contributed by atoms with Crippen LogP contribution in [-0.4, -0.2) is 25.3 Å². The van der Waals surface area contributed by atoms with Gasteiger partial charge >= 0.3 is 0 Å². The highest BCUT2D eigenvalue weighted by Gasteiger charge is 2.31. The molecule has 3 rings (SSSR count). The molecule has 1 saturated carbocycles.